The first kappa shape index (κ1) is 18.9. The first-order valence-electron chi connectivity index (χ1n) is 9.82. The molecule has 1 saturated heterocycles. The van der Waals surface area contributed by atoms with Gasteiger partial charge in [-0.25, -0.2) is 4.98 Å². The summed E-state index contributed by atoms with van der Waals surface area (Å²) in [6.45, 7) is 3.97. The molecule has 1 unspecified atom stereocenters. The Morgan fingerprint density at radius 3 is 2.52 bits per heavy atom. The van der Waals surface area contributed by atoms with Crippen molar-refractivity contribution in [3.8, 4) is 0 Å². The van der Waals surface area contributed by atoms with Crippen molar-refractivity contribution in [3.63, 3.8) is 0 Å². The van der Waals surface area contributed by atoms with E-state index in [0.29, 0.717) is 16.8 Å². The highest BCUT2D eigenvalue weighted by Gasteiger charge is 2.49. The van der Waals surface area contributed by atoms with Crippen LogP contribution in [0.1, 0.15) is 28.5 Å². The van der Waals surface area contributed by atoms with Crippen molar-refractivity contribution in [2.75, 3.05) is 4.90 Å². The van der Waals surface area contributed by atoms with E-state index < -0.39 is 17.7 Å². The number of nitrogens with zero attached hydrogens (tertiary/aromatic N) is 2. The molecule has 0 bridgehead atoms. The highest BCUT2D eigenvalue weighted by molar-refractivity contribution is 6.51. The molecule has 0 radical (unpaired) electrons. The Morgan fingerprint density at radius 1 is 1.06 bits per heavy atom. The summed E-state index contributed by atoms with van der Waals surface area (Å²) in [5.74, 6) is -1.27. The van der Waals surface area contributed by atoms with Crippen molar-refractivity contribution in [2.24, 2.45) is 0 Å². The number of nitrogens with one attached hydrogen (secondary N) is 1. The minimum Gasteiger partial charge on any atom is -0.507 e. The monoisotopic (exact) mass is 413 g/mol. The predicted molar refractivity (Wildman–Crippen MR) is 116 cm³/mol. The van der Waals surface area contributed by atoms with Crippen LogP contribution in [0.2, 0.25) is 0 Å². The zero-order chi connectivity index (χ0) is 21.7. The Morgan fingerprint density at radius 2 is 1.81 bits per heavy atom. The Hall–Kier alpha value is -4.13. The summed E-state index contributed by atoms with van der Waals surface area (Å²) in [6.07, 6.45) is 1.46. The summed E-state index contributed by atoms with van der Waals surface area (Å²) < 4.78 is 5.56. The number of fused-ring (bicyclic) bond motifs is 1. The summed E-state index contributed by atoms with van der Waals surface area (Å²) in [7, 11) is 0. The highest BCUT2D eigenvalue weighted by atomic mass is 16.3. The van der Waals surface area contributed by atoms with Gasteiger partial charge in [0.2, 0.25) is 5.95 Å². The van der Waals surface area contributed by atoms with Crippen molar-refractivity contribution in [1.29, 1.82) is 0 Å². The quantitative estimate of drug-likeness (QED) is 0.295. The number of imidazole rings is 1. The maximum absolute atomic E-state index is 13.1. The number of aromatic amines is 1. The SMILES string of the molecule is Cc1cc2nc(N3C(=O)C(=O)/C(=C(/O)c4ccccc4)C3c3ccco3)[nH]c2cc1C. The van der Waals surface area contributed by atoms with Gasteiger partial charge in [-0.05, 0) is 49.2 Å². The second-order valence-corrected chi connectivity index (χ2v) is 7.56. The van der Waals surface area contributed by atoms with Crippen LogP contribution in [-0.4, -0.2) is 26.8 Å². The normalized spacial score (nSPS) is 18.3. The number of aliphatic hydroxyl groups is 1. The number of Topliss-reactive ketones (excluding diaryl/α,β-unsaturated/α-hetero) is 1. The van der Waals surface area contributed by atoms with Crippen LogP contribution < -0.4 is 4.90 Å². The third-order valence-electron chi connectivity index (χ3n) is 5.62. The minimum absolute atomic E-state index is 0.0426. The lowest BCUT2D eigenvalue weighted by molar-refractivity contribution is -0.132. The maximum Gasteiger partial charge on any atom is 0.302 e. The van der Waals surface area contributed by atoms with Crippen LogP contribution in [-0.2, 0) is 9.59 Å². The number of anilines is 1. The molecular formula is C24H19N3O4. The van der Waals surface area contributed by atoms with E-state index in [9.17, 15) is 14.7 Å². The van der Waals surface area contributed by atoms with E-state index in [-0.39, 0.29) is 17.3 Å². The number of hydrogen-bond acceptors (Lipinski definition) is 5. The van der Waals surface area contributed by atoms with Crippen molar-refractivity contribution < 1.29 is 19.1 Å². The summed E-state index contributed by atoms with van der Waals surface area (Å²) in [5, 5.41) is 11.0. The lowest BCUT2D eigenvalue weighted by Crippen LogP contribution is -2.30. The third kappa shape index (κ3) is 2.93. The molecule has 7 heteroatoms. The smallest absolute Gasteiger partial charge is 0.302 e. The fourth-order valence-corrected chi connectivity index (χ4v) is 3.89. The molecule has 4 aromatic rings. The number of carbonyl (C=O) groups excluding carboxylic acids is 2. The molecule has 3 heterocycles. The molecule has 0 saturated carbocycles. The van der Waals surface area contributed by atoms with Crippen LogP contribution in [0.15, 0.2) is 70.9 Å². The third-order valence-corrected chi connectivity index (χ3v) is 5.62. The number of furan rings is 1. The van der Waals surface area contributed by atoms with Crippen molar-refractivity contribution in [2.45, 2.75) is 19.9 Å². The van der Waals surface area contributed by atoms with Gasteiger partial charge in [0.05, 0.1) is 22.9 Å². The van der Waals surface area contributed by atoms with Crippen LogP contribution in [0.4, 0.5) is 5.95 Å². The van der Waals surface area contributed by atoms with Gasteiger partial charge in [0.25, 0.3) is 5.78 Å². The second kappa shape index (κ2) is 6.98. The van der Waals surface area contributed by atoms with Crippen LogP contribution in [0.5, 0.6) is 0 Å². The number of rotatable bonds is 3. The van der Waals surface area contributed by atoms with Crippen LogP contribution in [0, 0.1) is 13.8 Å². The minimum atomic E-state index is -0.946. The number of benzene rings is 2. The first-order valence-corrected chi connectivity index (χ1v) is 9.82. The number of aryl methyl sites for hydroxylation is 2. The van der Waals surface area contributed by atoms with Gasteiger partial charge in [0.1, 0.15) is 17.6 Å². The molecule has 1 atom stereocenters. The van der Waals surface area contributed by atoms with Gasteiger partial charge in [-0.15, -0.1) is 0 Å². The number of aromatic nitrogens is 2. The maximum atomic E-state index is 13.1. The molecule has 0 aliphatic carbocycles. The number of carbonyl (C=O) groups is 2. The van der Waals surface area contributed by atoms with E-state index in [2.05, 4.69) is 9.97 Å². The zero-order valence-corrected chi connectivity index (χ0v) is 16.9. The molecule has 7 nitrogen and oxygen atoms in total. The number of amides is 1. The van der Waals surface area contributed by atoms with Gasteiger partial charge in [0, 0.05) is 5.56 Å². The van der Waals surface area contributed by atoms with Gasteiger partial charge in [-0.1, -0.05) is 30.3 Å². The fraction of sp³-hybridized carbons (Fsp3) is 0.125. The van der Waals surface area contributed by atoms with E-state index >= 15 is 0 Å². The summed E-state index contributed by atoms with van der Waals surface area (Å²) >= 11 is 0. The van der Waals surface area contributed by atoms with E-state index in [1.807, 2.05) is 26.0 Å². The van der Waals surface area contributed by atoms with Gasteiger partial charge in [-0.2, -0.15) is 0 Å². The van der Waals surface area contributed by atoms with Gasteiger partial charge < -0.3 is 14.5 Å². The van der Waals surface area contributed by atoms with Gasteiger partial charge >= 0.3 is 5.91 Å². The molecule has 31 heavy (non-hydrogen) atoms. The van der Waals surface area contributed by atoms with Crippen molar-refractivity contribution in [1.82, 2.24) is 9.97 Å². The molecule has 1 amide bonds. The standard InChI is InChI=1S/C24H19N3O4/c1-13-11-16-17(12-14(13)2)26-24(25-16)27-20(18-9-6-10-31-18)19(22(29)23(27)30)21(28)15-7-4-3-5-8-15/h3-12,20,28H,1-2H3,(H,25,26)/b21-19+. The Bertz CT molecular complexity index is 1310. The average molecular weight is 413 g/mol. The van der Waals surface area contributed by atoms with Gasteiger partial charge in [0.15, 0.2) is 0 Å². The zero-order valence-electron chi connectivity index (χ0n) is 16.9. The van der Waals surface area contributed by atoms with E-state index in [1.54, 1.807) is 42.5 Å². The van der Waals surface area contributed by atoms with Gasteiger partial charge in [-0.3, -0.25) is 14.5 Å². The topological polar surface area (TPSA) is 99.4 Å². The molecular weight excluding hydrogens is 394 g/mol. The largest absolute Gasteiger partial charge is 0.507 e. The molecule has 2 aromatic carbocycles. The Balaban J connectivity index is 1.72. The molecule has 0 spiro atoms. The molecule has 154 valence electrons. The molecule has 2 N–H and O–H groups in total. The van der Waals surface area contributed by atoms with Crippen LogP contribution >= 0.6 is 0 Å². The van der Waals surface area contributed by atoms with Crippen molar-refractivity contribution in [3.05, 3.63) is 88.9 Å². The Kier molecular flexibility index (Phi) is 4.25. The molecule has 2 aromatic heterocycles. The fourth-order valence-electron chi connectivity index (χ4n) is 3.89. The average Bonchev–Trinajstić information content (AvgIpc) is 3.48. The molecule has 1 aliphatic heterocycles. The molecule has 1 aliphatic rings. The lowest BCUT2D eigenvalue weighted by atomic mass is 9.99. The molecule has 1 fully saturated rings. The second-order valence-electron chi connectivity index (χ2n) is 7.56. The summed E-state index contributed by atoms with van der Waals surface area (Å²) in [5.41, 5.74) is 3.98. The number of hydrogen-bond donors (Lipinski definition) is 2. The predicted octanol–water partition coefficient (Wildman–Crippen LogP) is 4.40. The Labute approximate surface area is 177 Å². The lowest BCUT2D eigenvalue weighted by Gasteiger charge is -2.20. The highest BCUT2D eigenvalue weighted by Crippen LogP contribution is 2.41. The van der Waals surface area contributed by atoms with Crippen molar-refractivity contribution >= 4 is 34.4 Å². The number of H-pyrrole nitrogens is 1. The molecule has 5 rings (SSSR count). The van der Waals surface area contributed by atoms with Crippen LogP contribution in [0.3, 0.4) is 0 Å². The summed E-state index contributed by atoms with van der Waals surface area (Å²) in [4.78, 5) is 35.1. The first-order chi connectivity index (χ1) is 15.0. The number of ketones is 1. The summed E-state index contributed by atoms with van der Waals surface area (Å²) in [6, 6.07) is 14.9. The van der Waals surface area contributed by atoms with E-state index in [1.165, 1.54) is 11.2 Å². The van der Waals surface area contributed by atoms with E-state index in [4.69, 9.17) is 4.42 Å². The van der Waals surface area contributed by atoms with E-state index in [0.717, 1.165) is 16.6 Å². The number of aliphatic hydroxyl groups excluding tert-OH is 1. The van der Waals surface area contributed by atoms with Crippen LogP contribution in [0.25, 0.3) is 16.8 Å².